The minimum atomic E-state index is -0.396. The van der Waals surface area contributed by atoms with Crippen LogP contribution in [0.15, 0.2) is 61.1 Å². The van der Waals surface area contributed by atoms with Crippen LogP contribution in [0.5, 0.6) is 0 Å². The molecule has 0 spiro atoms. The molecule has 2 aromatic carbocycles. The molecule has 0 saturated carbocycles. The lowest BCUT2D eigenvalue weighted by atomic mass is 9.99. The van der Waals surface area contributed by atoms with Crippen molar-refractivity contribution in [2.75, 3.05) is 16.8 Å². The van der Waals surface area contributed by atoms with Crippen LogP contribution in [-0.4, -0.2) is 28.3 Å². The largest absolute Gasteiger partial charge is 0.322 e. The third-order valence-electron chi connectivity index (χ3n) is 4.63. The lowest BCUT2D eigenvalue weighted by Gasteiger charge is -2.30. The average Bonchev–Trinajstić information content (AvgIpc) is 2.74. The molecule has 0 bridgehead atoms. The minimum absolute atomic E-state index is 0.226. The summed E-state index contributed by atoms with van der Waals surface area (Å²) in [6.45, 7) is 0.567. The van der Waals surface area contributed by atoms with Crippen LogP contribution in [0, 0.1) is 5.82 Å². The zero-order valence-electron chi connectivity index (χ0n) is 14.9. The van der Waals surface area contributed by atoms with Gasteiger partial charge in [-0.15, -0.1) is 0 Å². The van der Waals surface area contributed by atoms with E-state index >= 15 is 0 Å². The Morgan fingerprint density at radius 3 is 2.64 bits per heavy atom. The molecule has 6 nitrogen and oxygen atoms in total. The SMILES string of the molecule is O=C(Nc1cccc2c1CCCN2C(=O)c1cnccn1)c1ccc(F)cc1. The van der Waals surface area contributed by atoms with Crippen molar-refractivity contribution in [2.45, 2.75) is 12.8 Å². The number of hydrogen-bond donors (Lipinski definition) is 1. The molecule has 0 saturated heterocycles. The van der Waals surface area contributed by atoms with Crippen LogP contribution >= 0.6 is 0 Å². The maximum Gasteiger partial charge on any atom is 0.278 e. The molecule has 7 heteroatoms. The molecule has 3 aromatic rings. The lowest BCUT2D eigenvalue weighted by Crippen LogP contribution is -2.36. The van der Waals surface area contributed by atoms with Crippen LogP contribution in [0.3, 0.4) is 0 Å². The van der Waals surface area contributed by atoms with E-state index < -0.39 is 5.82 Å². The van der Waals surface area contributed by atoms with Crippen molar-refractivity contribution in [3.63, 3.8) is 0 Å². The number of rotatable bonds is 3. The first-order valence-corrected chi connectivity index (χ1v) is 8.90. The van der Waals surface area contributed by atoms with Crippen LogP contribution in [0.1, 0.15) is 32.8 Å². The number of nitrogens with one attached hydrogen (secondary N) is 1. The normalized spacial score (nSPS) is 13.0. The zero-order chi connectivity index (χ0) is 19.5. The molecule has 1 aliphatic rings. The molecule has 1 aromatic heterocycles. The number of halogens is 1. The van der Waals surface area contributed by atoms with E-state index in [4.69, 9.17) is 0 Å². The number of fused-ring (bicyclic) bond motifs is 1. The van der Waals surface area contributed by atoms with Gasteiger partial charge >= 0.3 is 0 Å². The highest BCUT2D eigenvalue weighted by molar-refractivity contribution is 6.08. The number of anilines is 2. The van der Waals surface area contributed by atoms with E-state index in [1.165, 1.54) is 42.9 Å². The number of carbonyl (C=O) groups is 2. The molecule has 1 N–H and O–H groups in total. The minimum Gasteiger partial charge on any atom is -0.322 e. The van der Waals surface area contributed by atoms with Gasteiger partial charge in [0.05, 0.1) is 6.20 Å². The van der Waals surface area contributed by atoms with Crippen molar-refractivity contribution in [3.8, 4) is 0 Å². The molecule has 4 rings (SSSR count). The quantitative estimate of drug-likeness (QED) is 0.760. The fourth-order valence-corrected chi connectivity index (χ4v) is 3.30. The topological polar surface area (TPSA) is 75.2 Å². The van der Waals surface area contributed by atoms with Crippen molar-refractivity contribution < 1.29 is 14.0 Å². The van der Waals surface area contributed by atoms with E-state index in [2.05, 4.69) is 15.3 Å². The third-order valence-corrected chi connectivity index (χ3v) is 4.63. The maximum atomic E-state index is 13.1. The van der Waals surface area contributed by atoms with Gasteiger partial charge in [0.1, 0.15) is 11.5 Å². The second-order valence-electron chi connectivity index (χ2n) is 6.42. The molecule has 2 amide bonds. The van der Waals surface area contributed by atoms with Gasteiger partial charge in [-0.3, -0.25) is 14.6 Å². The molecule has 2 heterocycles. The van der Waals surface area contributed by atoms with Crippen LogP contribution in [0.2, 0.25) is 0 Å². The van der Waals surface area contributed by atoms with Gasteiger partial charge in [0, 0.05) is 35.9 Å². The summed E-state index contributed by atoms with van der Waals surface area (Å²) in [6, 6.07) is 10.8. The lowest BCUT2D eigenvalue weighted by molar-refractivity contribution is 0.0979. The third kappa shape index (κ3) is 3.46. The number of nitrogens with zero attached hydrogens (tertiary/aromatic N) is 3. The predicted octanol–water partition coefficient (Wildman–Crippen LogP) is 3.46. The van der Waals surface area contributed by atoms with Crippen molar-refractivity contribution in [2.24, 2.45) is 0 Å². The first-order chi connectivity index (χ1) is 13.6. The van der Waals surface area contributed by atoms with Crippen molar-refractivity contribution in [1.82, 2.24) is 9.97 Å². The Morgan fingerprint density at radius 2 is 1.89 bits per heavy atom. The summed E-state index contributed by atoms with van der Waals surface area (Å²) in [7, 11) is 0. The van der Waals surface area contributed by atoms with Crippen molar-refractivity contribution >= 4 is 23.2 Å². The Kier molecular flexibility index (Phi) is 4.80. The smallest absolute Gasteiger partial charge is 0.278 e. The number of carbonyl (C=O) groups excluding carboxylic acids is 2. The van der Waals surface area contributed by atoms with Crippen LogP contribution in [0.25, 0.3) is 0 Å². The van der Waals surface area contributed by atoms with Gasteiger partial charge in [-0.1, -0.05) is 6.07 Å². The van der Waals surface area contributed by atoms with E-state index in [-0.39, 0.29) is 17.5 Å². The van der Waals surface area contributed by atoms with Crippen LogP contribution in [-0.2, 0) is 6.42 Å². The van der Waals surface area contributed by atoms with Gasteiger partial charge in [0.2, 0.25) is 0 Å². The molecule has 1 aliphatic heterocycles. The molecular formula is C21H17FN4O2. The van der Waals surface area contributed by atoms with Crippen molar-refractivity contribution in [3.05, 3.63) is 83.7 Å². The summed E-state index contributed by atoms with van der Waals surface area (Å²) in [5, 5.41) is 2.88. The second kappa shape index (κ2) is 7.56. The Bertz CT molecular complexity index is 1020. The average molecular weight is 376 g/mol. The van der Waals surface area contributed by atoms with Gasteiger partial charge in [-0.2, -0.15) is 0 Å². The summed E-state index contributed by atoms with van der Waals surface area (Å²) in [5.74, 6) is -0.950. The Labute approximate surface area is 161 Å². The molecule has 140 valence electrons. The zero-order valence-corrected chi connectivity index (χ0v) is 14.9. The summed E-state index contributed by atoms with van der Waals surface area (Å²) in [4.78, 5) is 35.1. The monoisotopic (exact) mass is 376 g/mol. The number of aromatic nitrogens is 2. The number of benzene rings is 2. The molecular weight excluding hydrogens is 359 g/mol. The van der Waals surface area contributed by atoms with Crippen LogP contribution < -0.4 is 10.2 Å². The number of amides is 2. The highest BCUT2D eigenvalue weighted by Gasteiger charge is 2.26. The first-order valence-electron chi connectivity index (χ1n) is 8.90. The van der Waals surface area contributed by atoms with E-state index in [1.54, 1.807) is 17.0 Å². The van der Waals surface area contributed by atoms with E-state index in [0.717, 1.165) is 24.1 Å². The Balaban J connectivity index is 1.63. The predicted molar refractivity (Wildman–Crippen MR) is 103 cm³/mol. The standard InChI is InChI=1S/C21H17FN4O2/c22-15-8-6-14(7-9-15)20(27)25-17-4-1-5-19-16(17)3-2-12-26(19)21(28)18-13-23-10-11-24-18/h1,4-11,13H,2-3,12H2,(H,25,27). The van der Waals surface area contributed by atoms with E-state index in [0.29, 0.717) is 17.8 Å². The number of hydrogen-bond acceptors (Lipinski definition) is 4. The van der Waals surface area contributed by atoms with Gasteiger partial charge in [-0.25, -0.2) is 9.37 Å². The van der Waals surface area contributed by atoms with Crippen LogP contribution in [0.4, 0.5) is 15.8 Å². The Morgan fingerprint density at radius 1 is 1.07 bits per heavy atom. The summed E-state index contributed by atoms with van der Waals surface area (Å²) < 4.78 is 13.1. The fourth-order valence-electron chi connectivity index (χ4n) is 3.30. The highest BCUT2D eigenvalue weighted by Crippen LogP contribution is 2.33. The molecule has 0 unspecified atom stereocenters. The molecule has 28 heavy (non-hydrogen) atoms. The maximum absolute atomic E-state index is 13.1. The first kappa shape index (κ1) is 17.8. The molecule has 0 fully saturated rings. The molecule has 0 atom stereocenters. The second-order valence-corrected chi connectivity index (χ2v) is 6.42. The summed E-state index contributed by atoms with van der Waals surface area (Å²) in [6.07, 6.45) is 5.94. The van der Waals surface area contributed by atoms with Crippen molar-refractivity contribution in [1.29, 1.82) is 0 Å². The van der Waals surface area contributed by atoms with E-state index in [9.17, 15) is 14.0 Å². The molecule has 0 aliphatic carbocycles. The fraction of sp³-hybridized carbons (Fsp3) is 0.143. The van der Waals surface area contributed by atoms with Gasteiger partial charge in [-0.05, 0) is 54.8 Å². The Hall–Kier alpha value is -3.61. The van der Waals surface area contributed by atoms with Gasteiger partial charge in [0.15, 0.2) is 0 Å². The summed E-state index contributed by atoms with van der Waals surface area (Å²) >= 11 is 0. The molecule has 0 radical (unpaired) electrons. The van der Waals surface area contributed by atoms with Gasteiger partial charge in [0.25, 0.3) is 11.8 Å². The van der Waals surface area contributed by atoms with Gasteiger partial charge < -0.3 is 10.2 Å². The highest BCUT2D eigenvalue weighted by atomic mass is 19.1. The summed E-state index contributed by atoms with van der Waals surface area (Å²) in [5.41, 5.74) is 2.92. The van der Waals surface area contributed by atoms with E-state index in [1.807, 2.05) is 6.07 Å².